The van der Waals surface area contributed by atoms with E-state index in [0.717, 1.165) is 44.8 Å². The second kappa shape index (κ2) is 6.86. The van der Waals surface area contributed by atoms with Crippen molar-refractivity contribution in [2.75, 3.05) is 13.1 Å². The molecule has 0 radical (unpaired) electrons. The third-order valence-corrected chi connectivity index (χ3v) is 6.73. The van der Waals surface area contributed by atoms with Gasteiger partial charge in [-0.1, -0.05) is 0 Å². The average molecular weight is 412 g/mol. The molecule has 1 amide bonds. The average Bonchev–Trinajstić information content (AvgIpc) is 2.57. The van der Waals surface area contributed by atoms with Crippen molar-refractivity contribution in [1.82, 2.24) is 9.88 Å². The lowest BCUT2D eigenvalue weighted by Gasteiger charge is -2.55. The van der Waals surface area contributed by atoms with Gasteiger partial charge in [0.2, 0.25) is 11.8 Å². The van der Waals surface area contributed by atoms with Crippen LogP contribution in [0.25, 0.3) is 0 Å². The van der Waals surface area contributed by atoms with Crippen LogP contribution in [0.2, 0.25) is 0 Å². The summed E-state index contributed by atoms with van der Waals surface area (Å²) in [5.41, 5.74) is -1.36. The predicted molar refractivity (Wildman–Crippen MR) is 99.2 cm³/mol. The summed E-state index contributed by atoms with van der Waals surface area (Å²) >= 11 is 0. The van der Waals surface area contributed by atoms with Gasteiger partial charge in [0.05, 0.1) is 16.9 Å². The number of ether oxygens (including phenoxy) is 1. The summed E-state index contributed by atoms with van der Waals surface area (Å²) < 4.78 is 44.4. The van der Waals surface area contributed by atoms with Gasteiger partial charge in [0.25, 0.3) is 0 Å². The minimum Gasteiger partial charge on any atom is -0.474 e. The van der Waals surface area contributed by atoms with Crippen LogP contribution in [0.4, 0.5) is 13.2 Å². The molecule has 160 valence electrons. The highest BCUT2D eigenvalue weighted by Crippen LogP contribution is 2.47. The molecule has 0 atom stereocenters. The molecule has 1 N–H and O–H groups in total. The van der Waals surface area contributed by atoms with Crippen molar-refractivity contribution in [2.45, 2.75) is 70.3 Å². The number of carbonyl (C=O) groups excluding carboxylic acids is 1. The van der Waals surface area contributed by atoms with Crippen molar-refractivity contribution in [1.29, 1.82) is 0 Å². The van der Waals surface area contributed by atoms with Crippen molar-refractivity contribution >= 4 is 5.91 Å². The monoisotopic (exact) mass is 412 g/mol. The van der Waals surface area contributed by atoms with Crippen molar-refractivity contribution in [3.8, 4) is 5.88 Å². The molecular weight excluding hydrogens is 385 g/mol. The van der Waals surface area contributed by atoms with Crippen LogP contribution in [-0.2, 0) is 11.0 Å². The Hall–Kier alpha value is -1.83. The lowest BCUT2D eigenvalue weighted by Crippen LogP contribution is -2.63. The third kappa shape index (κ3) is 4.09. The maximum atomic E-state index is 12.9. The Balaban J connectivity index is 1.26. The van der Waals surface area contributed by atoms with E-state index in [-0.39, 0.29) is 34.9 Å². The van der Waals surface area contributed by atoms with Crippen LogP contribution >= 0.6 is 0 Å². The first kappa shape index (κ1) is 20.4. The van der Waals surface area contributed by atoms with Crippen LogP contribution in [0.5, 0.6) is 5.88 Å². The van der Waals surface area contributed by atoms with Gasteiger partial charge >= 0.3 is 6.18 Å². The summed E-state index contributed by atoms with van der Waals surface area (Å²) in [6, 6.07) is 2.31. The van der Waals surface area contributed by atoms with Crippen LogP contribution in [0, 0.1) is 18.3 Å². The molecule has 2 heterocycles. The van der Waals surface area contributed by atoms with Gasteiger partial charge in [-0.25, -0.2) is 4.98 Å². The molecule has 29 heavy (non-hydrogen) atoms. The van der Waals surface area contributed by atoms with Crippen molar-refractivity contribution in [3.63, 3.8) is 0 Å². The van der Waals surface area contributed by atoms with E-state index < -0.39 is 17.3 Å². The molecule has 3 aliphatic rings. The van der Waals surface area contributed by atoms with Crippen LogP contribution in [-0.4, -0.2) is 45.7 Å². The molecule has 3 fully saturated rings. The van der Waals surface area contributed by atoms with Gasteiger partial charge < -0.3 is 14.7 Å². The molecule has 2 aliphatic carbocycles. The Morgan fingerprint density at radius 3 is 2.38 bits per heavy atom. The molecule has 5 nitrogen and oxygen atoms in total. The number of pyridine rings is 1. The zero-order valence-electron chi connectivity index (χ0n) is 16.8. The fraction of sp³-hybridized carbons (Fsp3) is 0.714. The second-order valence-electron chi connectivity index (χ2n) is 9.39. The molecule has 1 saturated heterocycles. The van der Waals surface area contributed by atoms with E-state index in [1.165, 1.54) is 13.0 Å². The van der Waals surface area contributed by atoms with Crippen molar-refractivity contribution in [2.24, 2.45) is 11.3 Å². The highest BCUT2D eigenvalue weighted by molar-refractivity contribution is 5.81. The summed E-state index contributed by atoms with van der Waals surface area (Å²) in [5, 5.41) is 9.82. The first-order chi connectivity index (χ1) is 13.5. The highest BCUT2D eigenvalue weighted by atomic mass is 19.4. The molecular formula is C21H27F3N2O3. The van der Waals surface area contributed by atoms with E-state index in [9.17, 15) is 23.1 Å². The molecule has 0 unspecified atom stereocenters. The molecule has 0 aromatic carbocycles. The van der Waals surface area contributed by atoms with E-state index >= 15 is 0 Å². The summed E-state index contributed by atoms with van der Waals surface area (Å²) in [6.07, 6.45) is 0.109. The van der Waals surface area contributed by atoms with Crippen LogP contribution in [0.3, 0.4) is 0 Å². The number of likely N-dealkylation sites (tertiary alicyclic amines) is 1. The van der Waals surface area contributed by atoms with Crippen molar-refractivity contribution < 1.29 is 27.8 Å². The normalized spacial score (nSPS) is 29.3. The maximum absolute atomic E-state index is 12.9. The number of nitrogens with zero attached hydrogens (tertiary/aromatic N) is 2. The van der Waals surface area contributed by atoms with E-state index in [4.69, 9.17) is 4.74 Å². The summed E-state index contributed by atoms with van der Waals surface area (Å²) in [7, 11) is 0. The van der Waals surface area contributed by atoms with Gasteiger partial charge in [-0.2, -0.15) is 13.2 Å². The maximum Gasteiger partial charge on any atom is 0.418 e. The number of aromatic nitrogens is 1. The van der Waals surface area contributed by atoms with Gasteiger partial charge in [0.1, 0.15) is 6.10 Å². The fourth-order valence-corrected chi connectivity index (χ4v) is 5.07. The lowest BCUT2D eigenvalue weighted by atomic mass is 9.66. The summed E-state index contributed by atoms with van der Waals surface area (Å²) in [5.74, 6) is 0.347. The Morgan fingerprint density at radius 1 is 1.24 bits per heavy atom. The van der Waals surface area contributed by atoms with E-state index in [1.54, 1.807) is 6.92 Å². The minimum atomic E-state index is -4.41. The van der Waals surface area contributed by atoms with Gasteiger partial charge in [-0.15, -0.1) is 0 Å². The Kier molecular flexibility index (Phi) is 4.83. The highest BCUT2D eigenvalue weighted by Gasteiger charge is 2.51. The minimum absolute atomic E-state index is 0.0454. The second-order valence-corrected chi connectivity index (χ2v) is 9.39. The van der Waals surface area contributed by atoms with Crippen LogP contribution in [0.1, 0.15) is 56.7 Å². The molecule has 0 bridgehead atoms. The molecule has 1 aromatic heterocycles. The Morgan fingerprint density at radius 2 is 1.86 bits per heavy atom. The largest absolute Gasteiger partial charge is 0.474 e. The Bertz CT molecular complexity index is 785. The van der Waals surface area contributed by atoms with Crippen LogP contribution in [0.15, 0.2) is 12.1 Å². The van der Waals surface area contributed by atoms with Crippen LogP contribution < -0.4 is 4.74 Å². The molecule has 4 rings (SSSR count). The van der Waals surface area contributed by atoms with E-state index in [0.29, 0.717) is 12.8 Å². The fourth-order valence-electron chi connectivity index (χ4n) is 5.07. The predicted octanol–water partition coefficient (Wildman–Crippen LogP) is 3.72. The van der Waals surface area contributed by atoms with E-state index in [1.807, 2.05) is 4.90 Å². The first-order valence-electron chi connectivity index (χ1n) is 10.2. The number of aliphatic hydroxyl groups is 1. The topological polar surface area (TPSA) is 62.7 Å². The standard InChI is InChI=1S/C21H27F3N2O3/c1-13-16(21(22,23)24)3-4-17(25-13)29-15-5-7-20(8-6-15)11-26(12-20)18(27)14-9-19(2,28)10-14/h3-4,14-15,28H,5-12H2,1-2H3/t14-,19+. The van der Waals surface area contributed by atoms with Gasteiger partial charge in [0.15, 0.2) is 0 Å². The van der Waals surface area contributed by atoms with Gasteiger partial charge in [-0.3, -0.25) is 4.79 Å². The number of amides is 1. The smallest absolute Gasteiger partial charge is 0.418 e. The van der Waals surface area contributed by atoms with Crippen molar-refractivity contribution in [3.05, 3.63) is 23.4 Å². The number of hydrogen-bond acceptors (Lipinski definition) is 4. The zero-order chi connectivity index (χ0) is 21.0. The first-order valence-corrected chi connectivity index (χ1v) is 10.2. The van der Waals surface area contributed by atoms with Gasteiger partial charge in [-0.05, 0) is 58.4 Å². The Labute approximate surface area is 168 Å². The SMILES string of the molecule is Cc1nc(OC2CCC3(CC2)CN(C(=O)[C@H]2C[C@@](C)(O)C2)C3)ccc1C(F)(F)F. The number of halogens is 3. The number of hydrogen-bond donors (Lipinski definition) is 1. The summed E-state index contributed by atoms with van der Waals surface area (Å²) in [4.78, 5) is 18.3. The quantitative estimate of drug-likeness (QED) is 0.822. The summed E-state index contributed by atoms with van der Waals surface area (Å²) in [6.45, 7) is 4.62. The molecule has 8 heteroatoms. The zero-order valence-corrected chi connectivity index (χ0v) is 16.8. The number of alkyl halides is 3. The number of aryl methyl sites for hydroxylation is 1. The van der Waals surface area contributed by atoms with Gasteiger partial charge in [0, 0.05) is 30.5 Å². The number of carbonyl (C=O) groups is 1. The third-order valence-electron chi connectivity index (χ3n) is 6.73. The molecule has 1 spiro atoms. The van der Waals surface area contributed by atoms with E-state index in [2.05, 4.69) is 4.98 Å². The molecule has 1 aromatic rings. The molecule has 2 saturated carbocycles. The lowest BCUT2D eigenvalue weighted by molar-refractivity contribution is -0.164. The molecule has 1 aliphatic heterocycles. The number of rotatable bonds is 3.